The van der Waals surface area contributed by atoms with Gasteiger partial charge in [0.25, 0.3) is 0 Å². The third-order valence-corrected chi connectivity index (χ3v) is 4.36. The average molecular weight is 283 g/mol. The summed E-state index contributed by atoms with van der Waals surface area (Å²) in [4.78, 5) is 0. The van der Waals surface area contributed by atoms with Crippen molar-refractivity contribution in [2.75, 3.05) is 13.2 Å². The van der Waals surface area contributed by atoms with Gasteiger partial charge in [-0.3, -0.25) is 0 Å². The standard InChI is InChI=1S/C16H23ClO2/c1-4-14-12(8-9-19-14)16(17)13-10-11(3)6-7-15(13)18-5-2/h6-7,10,12,14,16H,4-5,8-9H2,1-3H3. The van der Waals surface area contributed by atoms with Crippen LogP contribution in [0.25, 0.3) is 0 Å². The first kappa shape index (κ1) is 14.7. The number of halogens is 1. The molecule has 1 aliphatic heterocycles. The number of hydrogen-bond acceptors (Lipinski definition) is 2. The van der Waals surface area contributed by atoms with Crippen molar-refractivity contribution in [1.82, 2.24) is 0 Å². The third-order valence-electron chi connectivity index (χ3n) is 3.80. The Kier molecular flexibility index (Phi) is 5.12. The van der Waals surface area contributed by atoms with E-state index in [1.807, 2.05) is 13.0 Å². The van der Waals surface area contributed by atoms with E-state index < -0.39 is 0 Å². The number of rotatable bonds is 5. The van der Waals surface area contributed by atoms with Gasteiger partial charge in [0.2, 0.25) is 0 Å². The zero-order chi connectivity index (χ0) is 13.8. The summed E-state index contributed by atoms with van der Waals surface area (Å²) >= 11 is 6.74. The highest BCUT2D eigenvalue weighted by Gasteiger charge is 2.34. The van der Waals surface area contributed by atoms with Crippen molar-refractivity contribution in [3.8, 4) is 5.75 Å². The molecule has 2 nitrogen and oxygen atoms in total. The van der Waals surface area contributed by atoms with Gasteiger partial charge in [-0.05, 0) is 32.8 Å². The summed E-state index contributed by atoms with van der Waals surface area (Å²) in [6.07, 6.45) is 2.33. The first-order valence-corrected chi connectivity index (χ1v) is 7.60. The molecule has 0 spiro atoms. The monoisotopic (exact) mass is 282 g/mol. The normalized spacial score (nSPS) is 24.4. The maximum Gasteiger partial charge on any atom is 0.123 e. The molecule has 2 rings (SSSR count). The Bertz CT molecular complexity index is 419. The van der Waals surface area contributed by atoms with Crippen LogP contribution in [0.5, 0.6) is 5.75 Å². The van der Waals surface area contributed by atoms with Gasteiger partial charge in [0, 0.05) is 18.1 Å². The predicted octanol–water partition coefficient (Wildman–Crippen LogP) is 4.49. The minimum absolute atomic E-state index is 0.0334. The molecule has 3 atom stereocenters. The van der Waals surface area contributed by atoms with E-state index in [9.17, 15) is 0 Å². The van der Waals surface area contributed by atoms with Gasteiger partial charge in [-0.1, -0.05) is 24.6 Å². The maximum atomic E-state index is 6.74. The van der Waals surface area contributed by atoms with Crippen LogP contribution in [0.2, 0.25) is 0 Å². The van der Waals surface area contributed by atoms with E-state index in [0.29, 0.717) is 12.5 Å². The van der Waals surface area contributed by atoms with Crippen LogP contribution in [0.1, 0.15) is 43.2 Å². The Labute approximate surface area is 121 Å². The molecule has 19 heavy (non-hydrogen) atoms. The molecule has 3 unspecified atom stereocenters. The van der Waals surface area contributed by atoms with E-state index in [4.69, 9.17) is 21.1 Å². The summed E-state index contributed by atoms with van der Waals surface area (Å²) in [6.45, 7) is 7.73. The summed E-state index contributed by atoms with van der Waals surface area (Å²) in [7, 11) is 0. The van der Waals surface area contributed by atoms with E-state index in [2.05, 4.69) is 26.0 Å². The lowest BCUT2D eigenvalue weighted by molar-refractivity contribution is 0.0862. The van der Waals surface area contributed by atoms with Crippen molar-refractivity contribution in [3.63, 3.8) is 0 Å². The van der Waals surface area contributed by atoms with Crippen molar-refractivity contribution in [3.05, 3.63) is 29.3 Å². The number of aryl methyl sites for hydroxylation is 1. The minimum atomic E-state index is -0.0334. The van der Waals surface area contributed by atoms with Crippen LogP contribution in [-0.4, -0.2) is 19.3 Å². The number of ether oxygens (including phenoxy) is 2. The second-order valence-electron chi connectivity index (χ2n) is 5.15. The highest BCUT2D eigenvalue weighted by Crippen LogP contribution is 2.42. The molecule has 1 aliphatic rings. The van der Waals surface area contributed by atoms with Gasteiger partial charge in [0.1, 0.15) is 5.75 Å². The molecule has 0 radical (unpaired) electrons. The van der Waals surface area contributed by atoms with Crippen molar-refractivity contribution >= 4 is 11.6 Å². The molecule has 106 valence electrons. The van der Waals surface area contributed by atoms with Gasteiger partial charge in [-0.25, -0.2) is 0 Å². The van der Waals surface area contributed by atoms with E-state index in [0.717, 1.165) is 30.8 Å². The maximum absolute atomic E-state index is 6.74. The van der Waals surface area contributed by atoms with Gasteiger partial charge in [0.15, 0.2) is 0 Å². The second-order valence-corrected chi connectivity index (χ2v) is 5.62. The Hall–Kier alpha value is -0.730. The van der Waals surface area contributed by atoms with Gasteiger partial charge in [-0.15, -0.1) is 11.6 Å². The Morgan fingerprint density at radius 2 is 2.21 bits per heavy atom. The van der Waals surface area contributed by atoms with Gasteiger partial charge >= 0.3 is 0 Å². The van der Waals surface area contributed by atoms with Crippen molar-refractivity contribution < 1.29 is 9.47 Å². The Morgan fingerprint density at radius 3 is 2.89 bits per heavy atom. The Morgan fingerprint density at radius 1 is 1.42 bits per heavy atom. The summed E-state index contributed by atoms with van der Waals surface area (Å²) in [5.41, 5.74) is 2.33. The zero-order valence-electron chi connectivity index (χ0n) is 12.0. The van der Waals surface area contributed by atoms with E-state index in [1.54, 1.807) is 0 Å². The van der Waals surface area contributed by atoms with Gasteiger partial charge < -0.3 is 9.47 Å². The van der Waals surface area contributed by atoms with E-state index >= 15 is 0 Å². The zero-order valence-corrected chi connectivity index (χ0v) is 12.7. The lowest BCUT2D eigenvalue weighted by Gasteiger charge is -2.24. The largest absolute Gasteiger partial charge is 0.494 e. The molecule has 0 aliphatic carbocycles. The smallest absolute Gasteiger partial charge is 0.123 e. The number of hydrogen-bond donors (Lipinski definition) is 0. The topological polar surface area (TPSA) is 18.5 Å². The molecule has 1 fully saturated rings. The SMILES string of the molecule is CCOc1ccc(C)cc1C(Cl)C1CCOC1CC. The van der Waals surface area contributed by atoms with Crippen molar-refractivity contribution in [2.24, 2.45) is 5.92 Å². The van der Waals surface area contributed by atoms with Crippen LogP contribution in [-0.2, 0) is 4.74 Å². The average Bonchev–Trinajstić information content (AvgIpc) is 2.88. The molecular formula is C16H23ClO2. The summed E-state index contributed by atoms with van der Waals surface area (Å²) < 4.78 is 11.5. The lowest BCUT2D eigenvalue weighted by atomic mass is 9.90. The molecule has 0 bridgehead atoms. The van der Waals surface area contributed by atoms with Crippen molar-refractivity contribution in [1.29, 1.82) is 0 Å². The van der Waals surface area contributed by atoms with Crippen LogP contribution in [0.4, 0.5) is 0 Å². The molecule has 1 heterocycles. The fourth-order valence-electron chi connectivity index (χ4n) is 2.82. The highest BCUT2D eigenvalue weighted by molar-refractivity contribution is 6.21. The fraction of sp³-hybridized carbons (Fsp3) is 0.625. The quantitative estimate of drug-likeness (QED) is 0.741. The molecule has 0 N–H and O–H groups in total. The lowest BCUT2D eigenvalue weighted by Crippen LogP contribution is -2.19. The Balaban J connectivity index is 2.26. The minimum Gasteiger partial charge on any atom is -0.494 e. The van der Waals surface area contributed by atoms with Crippen LogP contribution >= 0.6 is 11.6 Å². The van der Waals surface area contributed by atoms with E-state index in [1.165, 1.54) is 5.56 Å². The summed E-state index contributed by atoms with van der Waals surface area (Å²) in [5.74, 6) is 1.29. The molecule has 1 aromatic carbocycles. The molecule has 0 aromatic heterocycles. The van der Waals surface area contributed by atoms with E-state index in [-0.39, 0.29) is 11.5 Å². The fourth-order valence-corrected chi connectivity index (χ4v) is 3.28. The van der Waals surface area contributed by atoms with Gasteiger partial charge in [-0.2, -0.15) is 0 Å². The van der Waals surface area contributed by atoms with Crippen molar-refractivity contribution in [2.45, 2.75) is 45.1 Å². The molecule has 0 amide bonds. The van der Waals surface area contributed by atoms with Crippen LogP contribution in [0, 0.1) is 12.8 Å². The first-order valence-electron chi connectivity index (χ1n) is 7.16. The predicted molar refractivity (Wildman–Crippen MR) is 79.1 cm³/mol. The number of benzene rings is 1. The molecule has 1 saturated heterocycles. The van der Waals surface area contributed by atoms with Crippen LogP contribution < -0.4 is 4.74 Å². The molecule has 0 saturated carbocycles. The summed E-state index contributed by atoms with van der Waals surface area (Å²) in [6, 6.07) is 6.24. The van der Waals surface area contributed by atoms with Crippen LogP contribution in [0.3, 0.4) is 0 Å². The summed E-state index contributed by atoms with van der Waals surface area (Å²) in [5, 5.41) is -0.0334. The molecular weight excluding hydrogens is 260 g/mol. The van der Waals surface area contributed by atoms with Gasteiger partial charge in [0.05, 0.1) is 18.1 Å². The number of alkyl halides is 1. The second kappa shape index (κ2) is 6.62. The first-order chi connectivity index (χ1) is 9.17. The molecule has 3 heteroatoms. The highest BCUT2D eigenvalue weighted by atomic mass is 35.5. The van der Waals surface area contributed by atoms with Crippen LogP contribution in [0.15, 0.2) is 18.2 Å². The molecule has 1 aromatic rings. The third kappa shape index (κ3) is 3.24.